The summed E-state index contributed by atoms with van der Waals surface area (Å²) in [4.78, 5) is 32.8. The molecule has 176 valence electrons. The van der Waals surface area contributed by atoms with Gasteiger partial charge in [-0.2, -0.15) is 0 Å². The molecule has 1 N–H and O–H groups in total. The number of anilines is 1. The molecule has 4 aromatic rings. The Kier molecular flexibility index (Phi) is 5.83. The maximum atomic E-state index is 13.4. The van der Waals surface area contributed by atoms with Crippen LogP contribution in [-0.2, 0) is 9.59 Å². The number of halogens is 1. The fourth-order valence-electron chi connectivity index (χ4n) is 4.28. The molecule has 1 amide bonds. The lowest BCUT2D eigenvalue weighted by Crippen LogP contribution is -2.29. The van der Waals surface area contributed by atoms with E-state index in [1.165, 1.54) is 16.2 Å². The molecule has 0 aliphatic carbocycles. The van der Waals surface area contributed by atoms with Crippen molar-refractivity contribution >= 4 is 55.7 Å². The van der Waals surface area contributed by atoms with Gasteiger partial charge in [0, 0.05) is 10.6 Å². The summed E-state index contributed by atoms with van der Waals surface area (Å²) in [7, 11) is 1.55. The zero-order chi connectivity index (χ0) is 24.9. The van der Waals surface area contributed by atoms with Gasteiger partial charge in [0.05, 0.1) is 28.9 Å². The van der Waals surface area contributed by atoms with Gasteiger partial charge in [0.2, 0.25) is 0 Å². The summed E-state index contributed by atoms with van der Waals surface area (Å²) in [5.41, 5.74) is 3.51. The lowest BCUT2D eigenvalue weighted by molar-refractivity contribution is -0.132. The minimum Gasteiger partial charge on any atom is -0.507 e. The number of aliphatic hydroxyl groups is 1. The molecule has 0 saturated carbocycles. The van der Waals surface area contributed by atoms with E-state index in [9.17, 15) is 14.7 Å². The number of aryl methyl sites for hydroxylation is 2. The summed E-state index contributed by atoms with van der Waals surface area (Å²) in [6, 6.07) is 17.1. The Balaban J connectivity index is 1.77. The Morgan fingerprint density at radius 3 is 2.66 bits per heavy atom. The number of Topliss-reactive ketones (excluding diaryl/α,β-unsaturated/α-hetero) is 1. The largest absolute Gasteiger partial charge is 0.507 e. The number of thiazole rings is 1. The second-order valence-corrected chi connectivity index (χ2v) is 9.82. The first kappa shape index (κ1) is 23.1. The van der Waals surface area contributed by atoms with Crippen LogP contribution in [0.3, 0.4) is 0 Å². The Hall–Kier alpha value is -3.68. The van der Waals surface area contributed by atoms with Gasteiger partial charge in [0.25, 0.3) is 5.78 Å². The van der Waals surface area contributed by atoms with E-state index < -0.39 is 17.7 Å². The third kappa shape index (κ3) is 3.96. The minimum absolute atomic E-state index is 0.00856. The van der Waals surface area contributed by atoms with E-state index in [2.05, 4.69) is 4.98 Å². The van der Waals surface area contributed by atoms with Crippen molar-refractivity contribution in [2.45, 2.75) is 19.9 Å². The molecule has 2 heterocycles. The average Bonchev–Trinajstić information content (AvgIpc) is 3.38. The van der Waals surface area contributed by atoms with E-state index in [0.29, 0.717) is 32.5 Å². The van der Waals surface area contributed by atoms with Crippen LogP contribution in [0.4, 0.5) is 5.13 Å². The molecule has 1 aliphatic heterocycles. The van der Waals surface area contributed by atoms with E-state index in [1.54, 1.807) is 55.6 Å². The molecule has 1 fully saturated rings. The van der Waals surface area contributed by atoms with Crippen molar-refractivity contribution in [3.8, 4) is 5.75 Å². The van der Waals surface area contributed by atoms with Crippen molar-refractivity contribution in [1.82, 2.24) is 4.98 Å². The van der Waals surface area contributed by atoms with Crippen LogP contribution in [0, 0.1) is 13.8 Å². The van der Waals surface area contributed by atoms with Crippen molar-refractivity contribution in [2.24, 2.45) is 0 Å². The highest BCUT2D eigenvalue weighted by molar-refractivity contribution is 7.22. The molecular weight excluding hydrogens is 484 g/mol. The molecular formula is C27H21ClN2O4S. The Labute approximate surface area is 211 Å². The first-order valence-corrected chi connectivity index (χ1v) is 12.1. The zero-order valence-corrected chi connectivity index (χ0v) is 20.8. The number of nitrogens with zero attached hydrogens (tertiary/aromatic N) is 2. The summed E-state index contributed by atoms with van der Waals surface area (Å²) >= 11 is 7.41. The van der Waals surface area contributed by atoms with E-state index in [0.717, 1.165) is 15.8 Å². The minimum atomic E-state index is -0.888. The van der Waals surface area contributed by atoms with Gasteiger partial charge in [-0.05, 0) is 61.4 Å². The second-order valence-electron chi connectivity index (χ2n) is 8.37. The molecule has 0 radical (unpaired) electrons. The summed E-state index contributed by atoms with van der Waals surface area (Å²) in [6.45, 7) is 3.75. The van der Waals surface area contributed by atoms with Crippen LogP contribution in [-0.4, -0.2) is 28.9 Å². The molecule has 1 atom stereocenters. The first-order chi connectivity index (χ1) is 16.8. The normalized spacial score (nSPS) is 17.4. The molecule has 35 heavy (non-hydrogen) atoms. The zero-order valence-electron chi connectivity index (χ0n) is 19.2. The van der Waals surface area contributed by atoms with Crippen LogP contribution in [0.1, 0.15) is 28.3 Å². The van der Waals surface area contributed by atoms with Crippen LogP contribution in [0.5, 0.6) is 5.75 Å². The first-order valence-electron chi connectivity index (χ1n) is 10.9. The smallest absolute Gasteiger partial charge is 0.301 e. The fourth-order valence-corrected chi connectivity index (χ4v) is 5.55. The Bertz CT molecular complexity index is 1540. The maximum Gasteiger partial charge on any atom is 0.301 e. The second kappa shape index (κ2) is 8.83. The van der Waals surface area contributed by atoms with E-state index >= 15 is 0 Å². The Morgan fingerprint density at radius 1 is 1.09 bits per heavy atom. The number of rotatable bonds is 4. The number of amides is 1. The van der Waals surface area contributed by atoms with E-state index in [4.69, 9.17) is 16.3 Å². The predicted molar refractivity (Wildman–Crippen MR) is 138 cm³/mol. The third-order valence-corrected chi connectivity index (χ3v) is 7.30. The number of aromatic nitrogens is 1. The molecule has 8 heteroatoms. The topological polar surface area (TPSA) is 79.7 Å². The number of ether oxygens (including phenoxy) is 1. The number of hydrogen-bond acceptors (Lipinski definition) is 6. The van der Waals surface area contributed by atoms with Gasteiger partial charge in [-0.25, -0.2) is 4.98 Å². The molecule has 1 unspecified atom stereocenters. The van der Waals surface area contributed by atoms with Crippen molar-refractivity contribution < 1.29 is 19.4 Å². The van der Waals surface area contributed by atoms with Gasteiger partial charge in [0.15, 0.2) is 5.13 Å². The molecule has 1 saturated heterocycles. The number of hydrogen-bond donors (Lipinski definition) is 1. The lowest BCUT2D eigenvalue weighted by Gasteiger charge is -2.23. The number of fused-ring (bicyclic) bond motifs is 1. The predicted octanol–water partition coefficient (Wildman–Crippen LogP) is 6.20. The highest BCUT2D eigenvalue weighted by Gasteiger charge is 2.48. The maximum absolute atomic E-state index is 13.4. The van der Waals surface area contributed by atoms with Crippen LogP contribution in [0.2, 0.25) is 5.02 Å². The quantitative estimate of drug-likeness (QED) is 0.203. The number of carbonyl (C=O) groups is 2. The molecule has 1 aromatic heterocycles. The standard InChI is InChI=1S/C27H21ClN2O4S/c1-14-7-8-15(2)19(11-14)24(31)22-23(16-5-4-6-18(12-16)34-3)30(26(33)25(22)32)27-29-20-10-9-17(28)13-21(20)35-27/h4-13,23,31H,1-3H3. The van der Waals surface area contributed by atoms with Crippen molar-refractivity contribution in [2.75, 3.05) is 12.0 Å². The molecule has 3 aromatic carbocycles. The number of benzene rings is 3. The highest BCUT2D eigenvalue weighted by atomic mass is 35.5. The van der Waals surface area contributed by atoms with Crippen molar-refractivity contribution in [1.29, 1.82) is 0 Å². The summed E-state index contributed by atoms with van der Waals surface area (Å²) in [5, 5.41) is 12.3. The molecule has 0 spiro atoms. The van der Waals surface area contributed by atoms with Crippen LogP contribution in [0.15, 0.2) is 66.2 Å². The van der Waals surface area contributed by atoms with Crippen LogP contribution >= 0.6 is 22.9 Å². The SMILES string of the molecule is COc1cccc(C2C(=C(O)c3cc(C)ccc3C)C(=O)C(=O)N2c2nc3ccc(Cl)cc3s2)c1. The molecule has 6 nitrogen and oxygen atoms in total. The third-order valence-electron chi connectivity index (χ3n) is 6.05. The van der Waals surface area contributed by atoms with Gasteiger partial charge in [0.1, 0.15) is 11.5 Å². The van der Waals surface area contributed by atoms with Crippen molar-refractivity contribution in [3.63, 3.8) is 0 Å². The van der Waals surface area contributed by atoms with Gasteiger partial charge in [-0.1, -0.05) is 52.8 Å². The fraction of sp³-hybridized carbons (Fsp3) is 0.148. The summed E-state index contributed by atoms with van der Waals surface area (Å²) in [5.74, 6) is -1.18. The Morgan fingerprint density at radius 2 is 1.89 bits per heavy atom. The summed E-state index contributed by atoms with van der Waals surface area (Å²) < 4.78 is 6.18. The van der Waals surface area contributed by atoms with E-state index in [-0.39, 0.29) is 11.3 Å². The van der Waals surface area contributed by atoms with Gasteiger partial charge in [-0.15, -0.1) is 0 Å². The average molecular weight is 505 g/mol. The van der Waals surface area contributed by atoms with E-state index in [1.807, 2.05) is 26.0 Å². The van der Waals surface area contributed by atoms with Crippen molar-refractivity contribution in [3.05, 3.63) is 93.5 Å². The van der Waals surface area contributed by atoms with Gasteiger partial charge >= 0.3 is 5.91 Å². The van der Waals surface area contributed by atoms with Gasteiger partial charge in [-0.3, -0.25) is 14.5 Å². The number of ketones is 1. The number of carbonyl (C=O) groups excluding carboxylic acids is 2. The molecule has 1 aliphatic rings. The summed E-state index contributed by atoms with van der Waals surface area (Å²) in [6.07, 6.45) is 0. The lowest BCUT2D eigenvalue weighted by atomic mass is 9.93. The molecule has 0 bridgehead atoms. The van der Waals surface area contributed by atoms with Crippen LogP contribution < -0.4 is 9.64 Å². The highest BCUT2D eigenvalue weighted by Crippen LogP contribution is 2.45. The van der Waals surface area contributed by atoms with Gasteiger partial charge < -0.3 is 9.84 Å². The molecule has 5 rings (SSSR count). The monoisotopic (exact) mass is 504 g/mol. The number of methoxy groups -OCH3 is 1. The van der Waals surface area contributed by atoms with Crippen LogP contribution in [0.25, 0.3) is 16.0 Å². The number of aliphatic hydroxyl groups excluding tert-OH is 1.